The van der Waals surface area contributed by atoms with Crippen LogP contribution in [0.4, 0.5) is 5.82 Å². The van der Waals surface area contributed by atoms with E-state index in [1.54, 1.807) is 0 Å². The molecule has 1 aromatic heterocycles. The molecule has 0 radical (unpaired) electrons. The number of likely N-dealkylation sites (tertiary alicyclic amines) is 1. The number of amides is 1. The first kappa shape index (κ1) is 14.3. The molecule has 3 rings (SSSR count). The van der Waals surface area contributed by atoms with Gasteiger partial charge in [-0.2, -0.15) is 0 Å². The van der Waals surface area contributed by atoms with E-state index in [1.165, 1.54) is 5.56 Å². The van der Waals surface area contributed by atoms with Crippen LogP contribution in [0.5, 0.6) is 0 Å². The Morgan fingerprint density at radius 1 is 1.38 bits per heavy atom. The van der Waals surface area contributed by atoms with E-state index in [9.17, 15) is 4.79 Å². The van der Waals surface area contributed by atoms with Gasteiger partial charge in [-0.25, -0.2) is 4.98 Å². The first-order chi connectivity index (χ1) is 10.1. The fraction of sp³-hybridized carbons (Fsp3) is 0.625. The van der Waals surface area contributed by atoms with E-state index >= 15 is 0 Å². The molecule has 1 aromatic rings. The Bertz CT molecular complexity index is 514. The maximum absolute atomic E-state index is 12.2. The van der Waals surface area contributed by atoms with Crippen molar-refractivity contribution in [3.05, 3.63) is 23.9 Å². The molecule has 0 aromatic carbocycles. The van der Waals surface area contributed by atoms with Crippen LogP contribution < -0.4 is 10.2 Å². The average molecular weight is 288 g/mol. The molecule has 5 heteroatoms. The summed E-state index contributed by atoms with van der Waals surface area (Å²) in [4.78, 5) is 21.0. The van der Waals surface area contributed by atoms with Crippen LogP contribution in [0.3, 0.4) is 0 Å². The number of pyridine rings is 1. The van der Waals surface area contributed by atoms with Crippen molar-refractivity contribution in [2.75, 3.05) is 38.6 Å². The van der Waals surface area contributed by atoms with Gasteiger partial charge in [0.25, 0.3) is 0 Å². The molecule has 1 spiro atoms. The van der Waals surface area contributed by atoms with E-state index in [-0.39, 0.29) is 11.3 Å². The van der Waals surface area contributed by atoms with Gasteiger partial charge in [-0.3, -0.25) is 9.69 Å². The first-order valence-electron chi connectivity index (χ1n) is 7.72. The molecule has 0 bridgehead atoms. The number of aromatic nitrogens is 1. The maximum Gasteiger partial charge on any atom is 0.227 e. The van der Waals surface area contributed by atoms with Gasteiger partial charge < -0.3 is 10.2 Å². The number of carbonyl (C=O) groups is 1. The molecule has 2 fully saturated rings. The van der Waals surface area contributed by atoms with Gasteiger partial charge in [0.2, 0.25) is 5.91 Å². The van der Waals surface area contributed by atoms with E-state index in [2.05, 4.69) is 27.3 Å². The third-order valence-corrected chi connectivity index (χ3v) is 4.71. The van der Waals surface area contributed by atoms with E-state index in [0.29, 0.717) is 0 Å². The molecule has 0 unspecified atom stereocenters. The molecule has 1 atom stereocenters. The number of piperidine rings is 1. The van der Waals surface area contributed by atoms with Gasteiger partial charge in [0.1, 0.15) is 5.82 Å². The molecule has 2 aliphatic heterocycles. The summed E-state index contributed by atoms with van der Waals surface area (Å²) in [7, 11) is 3.99. The van der Waals surface area contributed by atoms with Crippen molar-refractivity contribution in [1.29, 1.82) is 0 Å². The Balaban J connectivity index is 1.63. The van der Waals surface area contributed by atoms with Crippen molar-refractivity contribution >= 4 is 11.7 Å². The third kappa shape index (κ3) is 2.88. The number of anilines is 1. The highest BCUT2D eigenvalue weighted by molar-refractivity contribution is 5.83. The molecule has 0 saturated carbocycles. The second-order valence-corrected chi connectivity index (χ2v) is 6.52. The SMILES string of the molecule is CN(C)c1ccc(CN2CC[C@]3(CCCNC3=O)C2)cn1. The summed E-state index contributed by atoms with van der Waals surface area (Å²) in [5.74, 6) is 1.24. The fourth-order valence-electron chi connectivity index (χ4n) is 3.45. The van der Waals surface area contributed by atoms with Gasteiger partial charge in [-0.05, 0) is 37.4 Å². The van der Waals surface area contributed by atoms with Gasteiger partial charge in [-0.1, -0.05) is 6.07 Å². The van der Waals surface area contributed by atoms with Crippen molar-refractivity contribution in [1.82, 2.24) is 15.2 Å². The van der Waals surface area contributed by atoms with Crippen molar-refractivity contribution < 1.29 is 4.79 Å². The normalized spacial score (nSPS) is 26.1. The van der Waals surface area contributed by atoms with Crippen molar-refractivity contribution in [2.24, 2.45) is 5.41 Å². The van der Waals surface area contributed by atoms with E-state index < -0.39 is 0 Å². The lowest BCUT2D eigenvalue weighted by Gasteiger charge is -2.32. The summed E-state index contributed by atoms with van der Waals surface area (Å²) in [6.07, 6.45) is 5.08. The Hall–Kier alpha value is -1.62. The highest BCUT2D eigenvalue weighted by Crippen LogP contribution is 2.37. The van der Waals surface area contributed by atoms with Crippen LogP contribution >= 0.6 is 0 Å². The Morgan fingerprint density at radius 3 is 2.90 bits per heavy atom. The van der Waals surface area contributed by atoms with E-state index in [4.69, 9.17) is 0 Å². The molecule has 1 N–H and O–H groups in total. The zero-order valence-electron chi connectivity index (χ0n) is 12.9. The quantitative estimate of drug-likeness (QED) is 0.909. The van der Waals surface area contributed by atoms with Crippen molar-refractivity contribution in [3.8, 4) is 0 Å². The van der Waals surface area contributed by atoms with Crippen LogP contribution in [0, 0.1) is 5.41 Å². The van der Waals surface area contributed by atoms with Gasteiger partial charge in [0.05, 0.1) is 5.41 Å². The van der Waals surface area contributed by atoms with Gasteiger partial charge in [-0.15, -0.1) is 0 Å². The minimum Gasteiger partial charge on any atom is -0.363 e. The zero-order valence-corrected chi connectivity index (χ0v) is 12.9. The smallest absolute Gasteiger partial charge is 0.227 e. The molecule has 2 saturated heterocycles. The number of hydrogen-bond acceptors (Lipinski definition) is 4. The highest BCUT2D eigenvalue weighted by Gasteiger charge is 2.45. The van der Waals surface area contributed by atoms with Crippen LogP contribution in [0.15, 0.2) is 18.3 Å². The molecular weight excluding hydrogens is 264 g/mol. The summed E-state index contributed by atoms with van der Waals surface area (Å²) >= 11 is 0. The van der Waals surface area contributed by atoms with E-state index in [1.807, 2.05) is 25.2 Å². The summed E-state index contributed by atoms with van der Waals surface area (Å²) < 4.78 is 0. The van der Waals surface area contributed by atoms with Gasteiger partial charge >= 0.3 is 0 Å². The predicted octanol–water partition coefficient (Wildman–Crippen LogP) is 1.25. The number of carbonyl (C=O) groups excluding carboxylic acids is 1. The molecule has 5 nitrogen and oxygen atoms in total. The Morgan fingerprint density at radius 2 is 2.24 bits per heavy atom. The van der Waals surface area contributed by atoms with Gasteiger partial charge in [0, 0.05) is 39.9 Å². The second kappa shape index (κ2) is 5.64. The van der Waals surface area contributed by atoms with Crippen LogP contribution in [-0.2, 0) is 11.3 Å². The summed E-state index contributed by atoms with van der Waals surface area (Å²) in [6, 6.07) is 4.18. The van der Waals surface area contributed by atoms with Crippen LogP contribution in [-0.4, -0.2) is 49.5 Å². The lowest BCUT2D eigenvalue weighted by molar-refractivity contribution is -0.132. The molecule has 0 aliphatic carbocycles. The number of nitrogens with zero attached hydrogens (tertiary/aromatic N) is 3. The molecular formula is C16H24N4O. The van der Waals surface area contributed by atoms with Crippen LogP contribution in [0.25, 0.3) is 0 Å². The van der Waals surface area contributed by atoms with Crippen LogP contribution in [0.1, 0.15) is 24.8 Å². The maximum atomic E-state index is 12.2. The predicted molar refractivity (Wildman–Crippen MR) is 83.1 cm³/mol. The lowest BCUT2D eigenvalue weighted by Crippen LogP contribution is -2.47. The third-order valence-electron chi connectivity index (χ3n) is 4.71. The molecule has 114 valence electrons. The minimum absolute atomic E-state index is 0.130. The lowest BCUT2D eigenvalue weighted by atomic mass is 9.79. The largest absolute Gasteiger partial charge is 0.363 e. The zero-order chi connectivity index (χ0) is 14.9. The molecule has 21 heavy (non-hydrogen) atoms. The topological polar surface area (TPSA) is 48.5 Å². The first-order valence-corrected chi connectivity index (χ1v) is 7.72. The fourth-order valence-corrected chi connectivity index (χ4v) is 3.45. The van der Waals surface area contributed by atoms with E-state index in [0.717, 1.165) is 51.3 Å². The summed E-state index contributed by atoms with van der Waals surface area (Å²) in [5, 5.41) is 3.04. The number of rotatable bonds is 3. The Kier molecular flexibility index (Phi) is 3.85. The highest BCUT2D eigenvalue weighted by atomic mass is 16.2. The number of nitrogens with one attached hydrogen (secondary N) is 1. The van der Waals surface area contributed by atoms with Crippen LogP contribution in [0.2, 0.25) is 0 Å². The Labute approximate surface area is 126 Å². The standard InChI is InChI=1S/C16H24N4O/c1-19(2)14-5-4-13(10-18-14)11-20-9-7-16(12-20)6-3-8-17-15(16)21/h4-5,10H,3,6-9,11-12H2,1-2H3,(H,17,21)/t16-/m1/s1. The molecule has 2 aliphatic rings. The second-order valence-electron chi connectivity index (χ2n) is 6.52. The molecule has 3 heterocycles. The monoisotopic (exact) mass is 288 g/mol. The molecule has 1 amide bonds. The number of hydrogen-bond donors (Lipinski definition) is 1. The van der Waals surface area contributed by atoms with Crippen molar-refractivity contribution in [2.45, 2.75) is 25.8 Å². The summed E-state index contributed by atoms with van der Waals surface area (Å²) in [5.41, 5.74) is 1.09. The van der Waals surface area contributed by atoms with Gasteiger partial charge in [0.15, 0.2) is 0 Å². The summed E-state index contributed by atoms with van der Waals surface area (Å²) in [6.45, 7) is 3.61. The average Bonchev–Trinajstić information content (AvgIpc) is 2.87. The van der Waals surface area contributed by atoms with Crippen molar-refractivity contribution in [3.63, 3.8) is 0 Å². The minimum atomic E-state index is -0.130.